The van der Waals surface area contributed by atoms with E-state index in [1.807, 2.05) is 29.2 Å². The SMILES string of the molecule is O=C(CCc1nc2ccccc2[nH]1)N1CCCNCC1. The molecule has 5 heteroatoms. The zero-order valence-electron chi connectivity index (χ0n) is 11.6. The molecule has 0 unspecified atom stereocenters. The van der Waals surface area contributed by atoms with Crippen LogP contribution >= 0.6 is 0 Å². The molecule has 0 aliphatic carbocycles. The maximum Gasteiger partial charge on any atom is 0.223 e. The van der Waals surface area contributed by atoms with Crippen molar-refractivity contribution >= 4 is 16.9 Å². The molecule has 3 rings (SSSR count). The summed E-state index contributed by atoms with van der Waals surface area (Å²) in [6, 6.07) is 7.95. The number of nitrogens with zero attached hydrogens (tertiary/aromatic N) is 2. The lowest BCUT2D eigenvalue weighted by molar-refractivity contribution is -0.131. The molecule has 1 saturated heterocycles. The van der Waals surface area contributed by atoms with Gasteiger partial charge in [-0.25, -0.2) is 4.98 Å². The van der Waals surface area contributed by atoms with Crippen molar-refractivity contribution in [3.63, 3.8) is 0 Å². The van der Waals surface area contributed by atoms with Gasteiger partial charge < -0.3 is 15.2 Å². The summed E-state index contributed by atoms with van der Waals surface area (Å²) in [7, 11) is 0. The summed E-state index contributed by atoms with van der Waals surface area (Å²) < 4.78 is 0. The number of para-hydroxylation sites is 2. The number of nitrogens with one attached hydrogen (secondary N) is 2. The molecule has 0 radical (unpaired) electrons. The Labute approximate surface area is 118 Å². The van der Waals surface area contributed by atoms with E-state index in [2.05, 4.69) is 15.3 Å². The van der Waals surface area contributed by atoms with Crippen molar-refractivity contribution in [2.75, 3.05) is 26.2 Å². The number of carbonyl (C=O) groups is 1. The van der Waals surface area contributed by atoms with Crippen LogP contribution in [0, 0.1) is 0 Å². The standard InChI is InChI=1S/C15H20N4O/c20-15(19-10-3-8-16-9-11-19)7-6-14-17-12-4-1-2-5-13(12)18-14/h1-2,4-5,16H,3,6-11H2,(H,17,18). The minimum absolute atomic E-state index is 0.231. The fourth-order valence-corrected chi connectivity index (χ4v) is 2.60. The number of aromatic amines is 1. The van der Waals surface area contributed by atoms with Gasteiger partial charge in [-0.1, -0.05) is 12.1 Å². The zero-order chi connectivity index (χ0) is 13.8. The first kappa shape index (κ1) is 13.1. The summed E-state index contributed by atoms with van der Waals surface area (Å²) in [5, 5.41) is 3.31. The number of aryl methyl sites for hydroxylation is 1. The average Bonchev–Trinajstić information content (AvgIpc) is 2.69. The van der Waals surface area contributed by atoms with Gasteiger partial charge in [0.2, 0.25) is 5.91 Å². The van der Waals surface area contributed by atoms with Crippen molar-refractivity contribution in [2.45, 2.75) is 19.3 Å². The van der Waals surface area contributed by atoms with Crippen molar-refractivity contribution in [3.05, 3.63) is 30.1 Å². The number of hydrogen-bond acceptors (Lipinski definition) is 3. The van der Waals surface area contributed by atoms with Crippen LogP contribution in [0.4, 0.5) is 0 Å². The number of carbonyl (C=O) groups excluding carboxylic acids is 1. The number of aromatic nitrogens is 2. The molecule has 2 heterocycles. The minimum atomic E-state index is 0.231. The van der Waals surface area contributed by atoms with Gasteiger partial charge in [-0.15, -0.1) is 0 Å². The third-order valence-electron chi connectivity index (χ3n) is 3.71. The van der Waals surface area contributed by atoms with E-state index in [1.165, 1.54) is 0 Å². The number of imidazole rings is 1. The number of H-pyrrole nitrogens is 1. The normalized spacial score (nSPS) is 16.3. The second-order valence-corrected chi connectivity index (χ2v) is 5.18. The quantitative estimate of drug-likeness (QED) is 0.886. The van der Waals surface area contributed by atoms with Crippen LogP contribution in [0.25, 0.3) is 11.0 Å². The van der Waals surface area contributed by atoms with Gasteiger partial charge in [0.15, 0.2) is 0 Å². The highest BCUT2D eigenvalue weighted by Gasteiger charge is 2.15. The molecule has 0 atom stereocenters. The number of fused-ring (bicyclic) bond motifs is 1. The first-order chi connectivity index (χ1) is 9.83. The summed E-state index contributed by atoms with van der Waals surface area (Å²) >= 11 is 0. The van der Waals surface area contributed by atoms with Crippen molar-refractivity contribution in [1.82, 2.24) is 20.2 Å². The molecule has 2 N–H and O–H groups in total. The van der Waals surface area contributed by atoms with Crippen molar-refractivity contribution < 1.29 is 4.79 Å². The molecule has 1 aliphatic rings. The van der Waals surface area contributed by atoms with Crippen LogP contribution in [0.3, 0.4) is 0 Å². The highest BCUT2D eigenvalue weighted by molar-refractivity contribution is 5.77. The second kappa shape index (κ2) is 6.05. The van der Waals surface area contributed by atoms with Crippen LogP contribution in [-0.4, -0.2) is 47.0 Å². The number of hydrogen-bond donors (Lipinski definition) is 2. The van der Waals surface area contributed by atoms with Crippen molar-refractivity contribution in [3.8, 4) is 0 Å². The van der Waals surface area contributed by atoms with Gasteiger partial charge in [0.05, 0.1) is 11.0 Å². The monoisotopic (exact) mass is 272 g/mol. The molecule has 5 nitrogen and oxygen atoms in total. The van der Waals surface area contributed by atoms with Gasteiger partial charge in [0.25, 0.3) is 0 Å². The molecule has 1 fully saturated rings. The molecule has 0 saturated carbocycles. The Balaban J connectivity index is 1.59. The molecule has 106 valence electrons. The van der Waals surface area contributed by atoms with Crippen LogP contribution in [-0.2, 0) is 11.2 Å². The van der Waals surface area contributed by atoms with Crippen LogP contribution in [0.15, 0.2) is 24.3 Å². The maximum atomic E-state index is 12.2. The van der Waals surface area contributed by atoms with Gasteiger partial charge in [0.1, 0.15) is 5.82 Å². The Kier molecular flexibility index (Phi) is 3.97. The van der Waals surface area contributed by atoms with E-state index in [4.69, 9.17) is 0 Å². The Hall–Kier alpha value is -1.88. The fourth-order valence-electron chi connectivity index (χ4n) is 2.60. The van der Waals surface area contributed by atoms with Gasteiger partial charge in [-0.3, -0.25) is 4.79 Å². The predicted molar refractivity (Wildman–Crippen MR) is 78.5 cm³/mol. The van der Waals surface area contributed by atoms with E-state index in [-0.39, 0.29) is 5.91 Å². The van der Waals surface area contributed by atoms with Crippen LogP contribution in [0.2, 0.25) is 0 Å². The van der Waals surface area contributed by atoms with E-state index in [9.17, 15) is 4.79 Å². The number of rotatable bonds is 3. The van der Waals surface area contributed by atoms with Gasteiger partial charge in [-0.2, -0.15) is 0 Å². The summed E-state index contributed by atoms with van der Waals surface area (Å²) in [6.45, 7) is 3.59. The highest BCUT2D eigenvalue weighted by Crippen LogP contribution is 2.12. The van der Waals surface area contributed by atoms with Gasteiger partial charge in [0, 0.05) is 32.5 Å². The van der Waals surface area contributed by atoms with Gasteiger partial charge in [-0.05, 0) is 25.1 Å². The highest BCUT2D eigenvalue weighted by atomic mass is 16.2. The largest absolute Gasteiger partial charge is 0.342 e. The molecular formula is C15H20N4O. The number of benzene rings is 1. The topological polar surface area (TPSA) is 61.0 Å². The van der Waals surface area contributed by atoms with Crippen LogP contribution < -0.4 is 5.32 Å². The maximum absolute atomic E-state index is 12.2. The van der Waals surface area contributed by atoms with E-state index in [1.54, 1.807) is 0 Å². The lowest BCUT2D eigenvalue weighted by Crippen LogP contribution is -2.34. The first-order valence-electron chi connectivity index (χ1n) is 7.25. The lowest BCUT2D eigenvalue weighted by atomic mass is 10.2. The second-order valence-electron chi connectivity index (χ2n) is 5.18. The minimum Gasteiger partial charge on any atom is -0.342 e. The molecule has 1 aromatic carbocycles. The molecule has 0 spiro atoms. The zero-order valence-corrected chi connectivity index (χ0v) is 11.6. The Morgan fingerprint density at radius 2 is 2.15 bits per heavy atom. The molecule has 1 amide bonds. The third-order valence-corrected chi connectivity index (χ3v) is 3.71. The summed E-state index contributed by atoms with van der Waals surface area (Å²) in [5.41, 5.74) is 2.00. The lowest BCUT2D eigenvalue weighted by Gasteiger charge is -2.19. The molecular weight excluding hydrogens is 252 g/mol. The van der Waals surface area contributed by atoms with Crippen molar-refractivity contribution in [1.29, 1.82) is 0 Å². The molecule has 0 bridgehead atoms. The molecule has 1 aliphatic heterocycles. The third kappa shape index (κ3) is 2.99. The molecule has 1 aromatic heterocycles. The van der Waals surface area contributed by atoms with Gasteiger partial charge >= 0.3 is 0 Å². The first-order valence-corrected chi connectivity index (χ1v) is 7.25. The Morgan fingerprint density at radius 1 is 1.25 bits per heavy atom. The van der Waals surface area contributed by atoms with E-state index in [0.717, 1.165) is 49.5 Å². The molecule has 2 aromatic rings. The molecule has 20 heavy (non-hydrogen) atoms. The predicted octanol–water partition coefficient (Wildman–Crippen LogP) is 1.32. The Morgan fingerprint density at radius 3 is 3.05 bits per heavy atom. The fraction of sp³-hybridized carbons (Fsp3) is 0.467. The summed E-state index contributed by atoms with van der Waals surface area (Å²) in [4.78, 5) is 21.9. The summed E-state index contributed by atoms with van der Waals surface area (Å²) in [5.74, 6) is 1.13. The average molecular weight is 272 g/mol. The van der Waals surface area contributed by atoms with Crippen LogP contribution in [0.1, 0.15) is 18.7 Å². The number of amides is 1. The van der Waals surface area contributed by atoms with Crippen molar-refractivity contribution in [2.24, 2.45) is 0 Å². The van der Waals surface area contributed by atoms with E-state index >= 15 is 0 Å². The smallest absolute Gasteiger partial charge is 0.223 e. The Bertz CT molecular complexity index is 551. The van der Waals surface area contributed by atoms with E-state index < -0.39 is 0 Å². The summed E-state index contributed by atoms with van der Waals surface area (Å²) in [6.07, 6.45) is 2.24. The van der Waals surface area contributed by atoms with E-state index in [0.29, 0.717) is 12.8 Å². The van der Waals surface area contributed by atoms with Crippen LogP contribution in [0.5, 0.6) is 0 Å².